The summed E-state index contributed by atoms with van der Waals surface area (Å²) in [6, 6.07) is 10.2. The molecule has 1 saturated heterocycles. The van der Waals surface area contributed by atoms with E-state index in [1.807, 2.05) is 30.3 Å². The lowest BCUT2D eigenvalue weighted by molar-refractivity contribution is 0.0702. The van der Waals surface area contributed by atoms with Crippen molar-refractivity contribution in [3.63, 3.8) is 0 Å². The van der Waals surface area contributed by atoms with Crippen LogP contribution >= 0.6 is 11.3 Å². The second-order valence-corrected chi connectivity index (χ2v) is 6.81. The Balaban J connectivity index is 1.75. The van der Waals surface area contributed by atoms with Crippen molar-refractivity contribution in [2.75, 3.05) is 11.4 Å². The molecule has 1 saturated carbocycles. The average Bonchev–Trinajstić information content (AvgIpc) is 3.22. The van der Waals surface area contributed by atoms with Crippen molar-refractivity contribution in [2.45, 2.75) is 25.3 Å². The highest BCUT2D eigenvalue weighted by Gasteiger charge is 2.39. The Labute approximate surface area is 127 Å². The summed E-state index contributed by atoms with van der Waals surface area (Å²) in [6.07, 6.45) is 3.76. The first-order valence-corrected chi connectivity index (χ1v) is 8.10. The summed E-state index contributed by atoms with van der Waals surface area (Å²) in [6.45, 7) is 1.03. The van der Waals surface area contributed by atoms with Gasteiger partial charge in [0, 0.05) is 18.2 Å². The zero-order valence-electron chi connectivity index (χ0n) is 11.5. The molecule has 4 nitrogen and oxygen atoms in total. The van der Waals surface area contributed by atoms with E-state index < -0.39 is 5.97 Å². The molecule has 2 bridgehead atoms. The van der Waals surface area contributed by atoms with E-state index in [9.17, 15) is 9.90 Å². The van der Waals surface area contributed by atoms with E-state index >= 15 is 0 Å². The molecule has 1 aliphatic heterocycles. The third-order valence-electron chi connectivity index (χ3n) is 4.51. The van der Waals surface area contributed by atoms with E-state index in [1.165, 1.54) is 30.6 Å². The summed E-state index contributed by atoms with van der Waals surface area (Å²) >= 11 is 1.31. The summed E-state index contributed by atoms with van der Waals surface area (Å²) in [5.74, 6) is -0.116. The minimum atomic E-state index is -0.887. The van der Waals surface area contributed by atoms with Gasteiger partial charge in [0.15, 0.2) is 5.13 Å². The van der Waals surface area contributed by atoms with Crippen molar-refractivity contribution in [1.82, 2.24) is 4.98 Å². The molecular formula is C16H16N2O2S. The average molecular weight is 300 g/mol. The van der Waals surface area contributed by atoms with Gasteiger partial charge >= 0.3 is 5.97 Å². The number of hydrogen-bond acceptors (Lipinski definition) is 4. The molecule has 2 atom stereocenters. The van der Waals surface area contributed by atoms with Gasteiger partial charge in [0.1, 0.15) is 4.88 Å². The van der Waals surface area contributed by atoms with Crippen LogP contribution < -0.4 is 4.90 Å². The number of anilines is 1. The van der Waals surface area contributed by atoms with Crippen molar-refractivity contribution < 1.29 is 9.90 Å². The lowest BCUT2D eigenvalue weighted by Crippen LogP contribution is -2.31. The number of aromatic nitrogens is 1. The van der Waals surface area contributed by atoms with E-state index in [1.54, 1.807) is 0 Å². The van der Waals surface area contributed by atoms with Crippen LogP contribution in [-0.4, -0.2) is 28.6 Å². The molecular weight excluding hydrogens is 284 g/mol. The lowest BCUT2D eigenvalue weighted by Gasteiger charge is -2.26. The summed E-state index contributed by atoms with van der Waals surface area (Å²) in [5.41, 5.74) is 1.48. The summed E-state index contributed by atoms with van der Waals surface area (Å²) < 4.78 is 0. The zero-order chi connectivity index (χ0) is 14.4. The van der Waals surface area contributed by atoms with Gasteiger partial charge in [0.2, 0.25) is 0 Å². The minimum Gasteiger partial charge on any atom is -0.477 e. The fourth-order valence-corrected chi connectivity index (χ4v) is 4.54. The van der Waals surface area contributed by atoms with Gasteiger partial charge in [0.05, 0.1) is 5.69 Å². The predicted molar refractivity (Wildman–Crippen MR) is 83.0 cm³/mol. The Morgan fingerprint density at radius 3 is 2.71 bits per heavy atom. The Morgan fingerprint density at radius 1 is 1.29 bits per heavy atom. The molecule has 2 aromatic rings. The maximum Gasteiger partial charge on any atom is 0.348 e. The van der Waals surface area contributed by atoms with E-state index in [2.05, 4.69) is 9.88 Å². The molecule has 1 aliphatic carbocycles. The standard InChI is InChI=1S/C16H16N2O2S/c19-15(20)14-13(11-4-2-1-3-5-11)17-16(21-14)18-9-10-6-7-12(18)8-10/h1-5,10,12H,6-9H2,(H,19,20). The fourth-order valence-electron chi connectivity index (χ4n) is 3.53. The Kier molecular flexibility index (Phi) is 2.96. The summed E-state index contributed by atoms with van der Waals surface area (Å²) in [5, 5.41) is 10.3. The van der Waals surface area contributed by atoms with Crippen LogP contribution in [0.3, 0.4) is 0 Å². The quantitative estimate of drug-likeness (QED) is 0.942. The van der Waals surface area contributed by atoms with Crippen LogP contribution in [-0.2, 0) is 0 Å². The number of carboxylic acid groups (broad SMARTS) is 1. The van der Waals surface area contributed by atoms with Crippen LogP contribution in [0.1, 0.15) is 28.9 Å². The van der Waals surface area contributed by atoms with Crippen molar-refractivity contribution >= 4 is 22.4 Å². The van der Waals surface area contributed by atoms with Crippen LogP contribution in [0.4, 0.5) is 5.13 Å². The SMILES string of the molecule is O=C(O)c1sc(N2CC3CCC2C3)nc1-c1ccccc1. The van der Waals surface area contributed by atoms with Crippen molar-refractivity contribution in [3.8, 4) is 11.3 Å². The molecule has 2 heterocycles. The Hall–Kier alpha value is -1.88. The highest BCUT2D eigenvalue weighted by atomic mass is 32.1. The molecule has 0 spiro atoms. The van der Waals surface area contributed by atoms with Crippen LogP contribution in [0.5, 0.6) is 0 Å². The summed E-state index contributed by atoms with van der Waals surface area (Å²) in [4.78, 5) is 18.9. The highest BCUT2D eigenvalue weighted by Crippen LogP contribution is 2.43. The number of piperidine rings is 1. The van der Waals surface area contributed by atoms with Crippen LogP contribution in [0.15, 0.2) is 30.3 Å². The first-order valence-electron chi connectivity index (χ1n) is 7.28. The minimum absolute atomic E-state index is 0.346. The molecule has 108 valence electrons. The number of hydrogen-bond donors (Lipinski definition) is 1. The molecule has 1 N–H and O–H groups in total. The first kappa shape index (κ1) is 12.8. The van der Waals surface area contributed by atoms with Crippen LogP contribution in [0.25, 0.3) is 11.3 Å². The Bertz CT molecular complexity index is 683. The van der Waals surface area contributed by atoms with Crippen LogP contribution in [0, 0.1) is 5.92 Å². The predicted octanol–water partition coefficient (Wildman–Crippen LogP) is 3.50. The third kappa shape index (κ3) is 2.12. The van der Waals surface area contributed by atoms with Gasteiger partial charge in [-0.05, 0) is 25.2 Å². The number of thiazole rings is 1. The molecule has 0 radical (unpaired) electrons. The molecule has 2 aliphatic rings. The summed E-state index contributed by atoms with van der Waals surface area (Å²) in [7, 11) is 0. The number of benzene rings is 1. The van der Waals surface area contributed by atoms with Crippen molar-refractivity contribution in [1.29, 1.82) is 0 Å². The first-order chi connectivity index (χ1) is 10.2. The number of carbonyl (C=O) groups is 1. The molecule has 1 aromatic carbocycles. The van der Waals surface area contributed by atoms with E-state index in [0.717, 1.165) is 23.2 Å². The monoisotopic (exact) mass is 300 g/mol. The van der Waals surface area contributed by atoms with E-state index in [4.69, 9.17) is 0 Å². The maximum atomic E-state index is 11.5. The van der Waals surface area contributed by atoms with Gasteiger partial charge in [-0.3, -0.25) is 0 Å². The second-order valence-electron chi connectivity index (χ2n) is 5.83. The molecule has 0 amide bonds. The highest BCUT2D eigenvalue weighted by molar-refractivity contribution is 7.17. The second kappa shape index (κ2) is 4.84. The topological polar surface area (TPSA) is 53.4 Å². The number of aromatic carboxylic acids is 1. The zero-order valence-corrected chi connectivity index (χ0v) is 12.3. The van der Waals surface area contributed by atoms with Gasteiger partial charge in [-0.15, -0.1) is 0 Å². The smallest absolute Gasteiger partial charge is 0.348 e. The normalized spacial score (nSPS) is 23.7. The van der Waals surface area contributed by atoms with Gasteiger partial charge in [-0.25, -0.2) is 9.78 Å². The molecule has 1 aromatic heterocycles. The molecule has 2 unspecified atom stereocenters. The van der Waals surface area contributed by atoms with E-state index in [-0.39, 0.29) is 0 Å². The van der Waals surface area contributed by atoms with Crippen molar-refractivity contribution in [2.24, 2.45) is 5.92 Å². The fraction of sp³-hybridized carbons (Fsp3) is 0.375. The molecule has 5 heteroatoms. The number of fused-ring (bicyclic) bond motifs is 2. The van der Waals surface area contributed by atoms with Crippen LogP contribution in [0.2, 0.25) is 0 Å². The van der Waals surface area contributed by atoms with E-state index in [0.29, 0.717) is 16.6 Å². The van der Waals surface area contributed by atoms with Gasteiger partial charge < -0.3 is 10.0 Å². The van der Waals surface area contributed by atoms with Gasteiger partial charge in [-0.1, -0.05) is 41.7 Å². The number of carboxylic acids is 1. The lowest BCUT2D eigenvalue weighted by atomic mass is 10.1. The van der Waals surface area contributed by atoms with Gasteiger partial charge in [-0.2, -0.15) is 0 Å². The van der Waals surface area contributed by atoms with Crippen molar-refractivity contribution in [3.05, 3.63) is 35.2 Å². The van der Waals surface area contributed by atoms with Gasteiger partial charge in [0.25, 0.3) is 0 Å². The Morgan fingerprint density at radius 2 is 2.10 bits per heavy atom. The largest absolute Gasteiger partial charge is 0.477 e. The molecule has 2 fully saturated rings. The number of rotatable bonds is 3. The molecule has 21 heavy (non-hydrogen) atoms. The molecule has 4 rings (SSSR count). The number of nitrogens with zero attached hydrogens (tertiary/aromatic N) is 2. The maximum absolute atomic E-state index is 11.5. The third-order valence-corrected chi connectivity index (χ3v) is 5.59.